The van der Waals surface area contributed by atoms with E-state index in [-0.39, 0.29) is 18.9 Å². The maximum Gasteiger partial charge on any atom is 0.0981 e. The van der Waals surface area contributed by atoms with Crippen molar-refractivity contribution in [3.05, 3.63) is 0 Å². The van der Waals surface area contributed by atoms with Crippen molar-refractivity contribution in [2.24, 2.45) is 0 Å². The molecule has 0 aromatic rings. The summed E-state index contributed by atoms with van der Waals surface area (Å²) in [5.74, 6) is 0. The Balaban J connectivity index is 0. The Morgan fingerprint density at radius 3 is 2.36 bits per heavy atom. The van der Waals surface area contributed by atoms with E-state index in [9.17, 15) is 0 Å². The molecular formula is C7H21LiNSi2. The number of unbranched alkanes of at least 4 members (excludes halogenated alkanes) is 3. The second-order valence-electron chi connectivity index (χ2n) is 3.04. The summed E-state index contributed by atoms with van der Waals surface area (Å²) in [6.45, 7) is 4.69. The fraction of sp³-hybridized carbons (Fsp3) is 1.00. The molecule has 0 amide bonds. The van der Waals surface area contributed by atoms with Crippen molar-refractivity contribution < 1.29 is 0 Å². The molecule has 1 nitrogen and oxygen atoms in total. The molecule has 63 valence electrons. The second kappa shape index (κ2) is 11.0. The molecule has 1 atom stereocenters. The van der Waals surface area contributed by atoms with Crippen molar-refractivity contribution in [1.29, 1.82) is 0 Å². The van der Waals surface area contributed by atoms with Crippen LogP contribution in [-0.4, -0.2) is 38.2 Å². The molecule has 0 aromatic carbocycles. The van der Waals surface area contributed by atoms with E-state index in [2.05, 4.69) is 18.1 Å². The van der Waals surface area contributed by atoms with Gasteiger partial charge in [-0.1, -0.05) is 39.2 Å². The minimum absolute atomic E-state index is 0. The fourth-order valence-electron chi connectivity index (χ4n) is 1.02. The van der Waals surface area contributed by atoms with Crippen LogP contribution in [0.5, 0.6) is 0 Å². The van der Waals surface area contributed by atoms with Crippen LogP contribution in [0.4, 0.5) is 0 Å². The van der Waals surface area contributed by atoms with E-state index >= 15 is 0 Å². The van der Waals surface area contributed by atoms with Gasteiger partial charge in [0, 0.05) is 18.9 Å². The van der Waals surface area contributed by atoms with Crippen molar-refractivity contribution in [1.82, 2.24) is 4.65 Å². The third-order valence-corrected chi connectivity index (χ3v) is 7.20. The predicted molar refractivity (Wildman–Crippen MR) is 60.8 cm³/mol. The average Bonchev–Trinajstić information content (AvgIpc) is 1.98. The van der Waals surface area contributed by atoms with E-state index in [1.165, 1.54) is 42.1 Å². The van der Waals surface area contributed by atoms with Crippen LogP contribution in [0.2, 0.25) is 12.6 Å². The summed E-state index contributed by atoms with van der Waals surface area (Å²) in [6, 6.07) is 1.50. The van der Waals surface area contributed by atoms with Gasteiger partial charge in [0.05, 0.1) is 19.4 Å². The molecule has 11 heavy (non-hydrogen) atoms. The van der Waals surface area contributed by atoms with Gasteiger partial charge in [-0.25, -0.2) is 0 Å². The Morgan fingerprint density at radius 2 is 1.91 bits per heavy atom. The maximum absolute atomic E-state index is 3.52. The topological polar surface area (TPSA) is 12.0 Å². The summed E-state index contributed by atoms with van der Waals surface area (Å²) in [5.41, 5.74) is 0. The zero-order valence-corrected chi connectivity index (χ0v) is 11.8. The first-order chi connectivity index (χ1) is 4.81. The summed E-state index contributed by atoms with van der Waals surface area (Å²) in [6.07, 6.45) is 5.72. The Hall–Kier alpha value is 0.991. The molecule has 0 saturated carbocycles. The molecule has 1 N–H and O–H groups in total. The fourth-order valence-corrected chi connectivity index (χ4v) is 3.08. The van der Waals surface area contributed by atoms with Gasteiger partial charge >= 0.3 is 0 Å². The molecule has 0 spiro atoms. The third kappa shape index (κ3) is 11.0. The van der Waals surface area contributed by atoms with Crippen molar-refractivity contribution in [2.45, 2.75) is 45.2 Å². The minimum Gasteiger partial charge on any atom is -0.369 e. The molecule has 4 heteroatoms. The predicted octanol–water partition coefficient (Wildman–Crippen LogP) is 0.409. The summed E-state index contributed by atoms with van der Waals surface area (Å²) in [7, 11) is 0.792. The largest absolute Gasteiger partial charge is 0.369 e. The Kier molecular flexibility index (Phi) is 14.5. The van der Waals surface area contributed by atoms with Crippen LogP contribution >= 0.6 is 0 Å². The molecule has 1 radical (unpaired) electrons. The van der Waals surface area contributed by atoms with Crippen LogP contribution in [0.25, 0.3) is 0 Å². The molecule has 1 unspecified atom stereocenters. The molecule has 0 aromatic heterocycles. The first-order valence-corrected chi connectivity index (χ1v) is 8.03. The molecular weight excluding hydrogens is 161 g/mol. The number of rotatable bonds is 6. The number of hydrogen-bond acceptors (Lipinski definition) is 1. The van der Waals surface area contributed by atoms with Crippen LogP contribution in [0.15, 0.2) is 0 Å². The van der Waals surface area contributed by atoms with Gasteiger partial charge in [0.15, 0.2) is 0 Å². The molecule has 0 saturated heterocycles. The zero-order valence-electron chi connectivity index (χ0n) is 8.61. The quantitative estimate of drug-likeness (QED) is 0.463. The minimum atomic E-state index is -0.412. The monoisotopic (exact) mass is 182 g/mol. The summed E-state index contributed by atoms with van der Waals surface area (Å²) < 4.78 is 3.52. The summed E-state index contributed by atoms with van der Waals surface area (Å²) in [4.78, 5) is 0. The summed E-state index contributed by atoms with van der Waals surface area (Å²) in [5, 5.41) is 0. The van der Waals surface area contributed by atoms with E-state index in [0.717, 1.165) is 0 Å². The van der Waals surface area contributed by atoms with Crippen molar-refractivity contribution in [2.75, 3.05) is 0 Å². The van der Waals surface area contributed by atoms with Gasteiger partial charge in [-0.3, -0.25) is 0 Å². The first-order valence-electron chi connectivity index (χ1n) is 4.48. The molecule has 0 aliphatic heterocycles. The average molecular weight is 182 g/mol. The number of nitrogens with one attached hydrogen (secondary N) is 1. The van der Waals surface area contributed by atoms with Crippen LogP contribution in [0, 0.1) is 0 Å². The van der Waals surface area contributed by atoms with E-state index in [1.807, 2.05) is 0 Å². The standard InChI is InChI=1S/C7H21NSi2.Li/c1-3-4-5-6-7-10(2)8-9;/h8,10H,3-7H2,1-2,9H3;. The van der Waals surface area contributed by atoms with Crippen molar-refractivity contribution in [3.63, 3.8) is 0 Å². The van der Waals surface area contributed by atoms with Gasteiger partial charge < -0.3 is 4.65 Å². The van der Waals surface area contributed by atoms with E-state index in [4.69, 9.17) is 0 Å². The van der Waals surface area contributed by atoms with Crippen molar-refractivity contribution >= 4 is 38.2 Å². The Bertz CT molecular complexity index is 73.5. The molecule has 0 aliphatic rings. The van der Waals surface area contributed by atoms with Gasteiger partial charge in [0.1, 0.15) is 0 Å². The molecule has 0 fully saturated rings. The van der Waals surface area contributed by atoms with E-state index < -0.39 is 8.96 Å². The second-order valence-corrected chi connectivity index (χ2v) is 7.73. The van der Waals surface area contributed by atoms with Gasteiger partial charge in [-0.05, 0) is 6.04 Å². The van der Waals surface area contributed by atoms with Crippen LogP contribution in [0.1, 0.15) is 32.6 Å². The normalized spacial score (nSPS) is 12.5. The van der Waals surface area contributed by atoms with Crippen LogP contribution < -0.4 is 4.65 Å². The van der Waals surface area contributed by atoms with E-state index in [1.54, 1.807) is 0 Å². The summed E-state index contributed by atoms with van der Waals surface area (Å²) >= 11 is 0. The first kappa shape index (κ1) is 14.5. The van der Waals surface area contributed by atoms with Crippen LogP contribution in [-0.2, 0) is 0 Å². The SMILES string of the molecule is CCCCCC[SiH](C)N[SiH3].[Li]. The molecule has 0 bridgehead atoms. The molecule has 0 rings (SSSR count). The smallest absolute Gasteiger partial charge is 0.0981 e. The van der Waals surface area contributed by atoms with Gasteiger partial charge in [0.25, 0.3) is 0 Å². The third-order valence-electron chi connectivity index (χ3n) is 1.98. The Morgan fingerprint density at radius 1 is 1.27 bits per heavy atom. The van der Waals surface area contributed by atoms with Gasteiger partial charge in [0.2, 0.25) is 0 Å². The maximum atomic E-state index is 3.52. The van der Waals surface area contributed by atoms with Crippen molar-refractivity contribution in [3.8, 4) is 0 Å². The molecule has 0 aliphatic carbocycles. The van der Waals surface area contributed by atoms with Gasteiger partial charge in [-0.2, -0.15) is 0 Å². The molecule has 0 heterocycles. The number of hydrogen-bond donors (Lipinski definition) is 1. The van der Waals surface area contributed by atoms with E-state index in [0.29, 0.717) is 0 Å². The van der Waals surface area contributed by atoms with Crippen LogP contribution in [0.3, 0.4) is 0 Å². The zero-order chi connectivity index (χ0) is 7.82. The van der Waals surface area contributed by atoms with Gasteiger partial charge in [-0.15, -0.1) is 0 Å². The Labute approximate surface area is 88.1 Å².